The van der Waals surface area contributed by atoms with Crippen molar-refractivity contribution < 1.29 is 32.4 Å². The maximum atomic E-state index is 12.9. The van der Waals surface area contributed by atoms with E-state index in [1.807, 2.05) is 30.3 Å². The fourth-order valence-corrected chi connectivity index (χ4v) is 2.78. The Labute approximate surface area is 163 Å². The van der Waals surface area contributed by atoms with Crippen LogP contribution >= 0.6 is 0 Å². The second-order valence-corrected chi connectivity index (χ2v) is 6.59. The first-order chi connectivity index (χ1) is 13.7. The Hall–Kier alpha value is -3.30. The van der Waals surface area contributed by atoms with Gasteiger partial charge < -0.3 is 14.4 Å². The van der Waals surface area contributed by atoms with Crippen molar-refractivity contribution in [2.75, 3.05) is 19.7 Å². The third-order valence-corrected chi connectivity index (χ3v) is 4.34. The number of rotatable bonds is 6. The van der Waals surface area contributed by atoms with E-state index in [0.29, 0.717) is 19.2 Å². The number of ether oxygens (including phenoxy) is 2. The van der Waals surface area contributed by atoms with Gasteiger partial charge in [0.05, 0.1) is 23.2 Å². The van der Waals surface area contributed by atoms with Crippen LogP contribution < -0.4 is 4.74 Å². The minimum atomic E-state index is -4.72. The smallest absolute Gasteiger partial charge is 0.416 e. The summed E-state index contributed by atoms with van der Waals surface area (Å²) in [5.41, 5.74) is -0.997. The summed E-state index contributed by atoms with van der Waals surface area (Å²) in [6.07, 6.45) is -5.21. The predicted octanol–water partition coefficient (Wildman–Crippen LogP) is 4.26. The zero-order valence-corrected chi connectivity index (χ0v) is 15.1. The van der Waals surface area contributed by atoms with Crippen LogP contribution in [0.1, 0.15) is 11.1 Å². The first-order valence-electron chi connectivity index (χ1n) is 8.67. The number of carbonyl (C=O) groups excluding carboxylic acids is 1. The molecule has 1 fully saturated rings. The van der Waals surface area contributed by atoms with Gasteiger partial charge in [-0.1, -0.05) is 30.3 Å². The molecule has 7 nitrogen and oxygen atoms in total. The summed E-state index contributed by atoms with van der Waals surface area (Å²) < 4.78 is 49.2. The normalized spacial score (nSPS) is 14.2. The van der Waals surface area contributed by atoms with Gasteiger partial charge in [-0.15, -0.1) is 0 Å². The quantitative estimate of drug-likeness (QED) is 0.525. The summed E-state index contributed by atoms with van der Waals surface area (Å²) in [7, 11) is 0. The lowest BCUT2D eigenvalue weighted by Gasteiger charge is -2.37. The number of hydrogen-bond donors (Lipinski definition) is 0. The van der Waals surface area contributed by atoms with Gasteiger partial charge in [-0.2, -0.15) is 13.2 Å². The first-order valence-corrected chi connectivity index (χ1v) is 8.67. The number of halogens is 3. The molecule has 10 heteroatoms. The van der Waals surface area contributed by atoms with Crippen LogP contribution in [0, 0.1) is 16.0 Å². The average Bonchev–Trinajstić information content (AvgIpc) is 2.65. The topological polar surface area (TPSA) is 81.9 Å². The fourth-order valence-electron chi connectivity index (χ4n) is 2.78. The number of hydrogen-bond acceptors (Lipinski definition) is 5. The van der Waals surface area contributed by atoms with E-state index < -0.39 is 28.4 Å². The van der Waals surface area contributed by atoms with Gasteiger partial charge in [-0.3, -0.25) is 10.1 Å². The van der Waals surface area contributed by atoms with E-state index in [9.17, 15) is 28.1 Å². The highest BCUT2D eigenvalue weighted by Crippen LogP contribution is 2.35. The molecular weight excluding hydrogens is 393 g/mol. The Morgan fingerprint density at radius 2 is 1.86 bits per heavy atom. The van der Waals surface area contributed by atoms with Gasteiger partial charge in [0, 0.05) is 25.1 Å². The Bertz CT molecular complexity index is 883. The monoisotopic (exact) mass is 410 g/mol. The molecule has 1 heterocycles. The minimum Gasteiger partial charge on any atom is -0.493 e. The van der Waals surface area contributed by atoms with E-state index in [1.54, 1.807) is 0 Å². The van der Waals surface area contributed by atoms with Gasteiger partial charge >= 0.3 is 12.3 Å². The lowest BCUT2D eigenvalue weighted by Crippen LogP contribution is -2.52. The number of nitrogens with zero attached hydrogens (tertiary/aromatic N) is 2. The molecule has 0 saturated carbocycles. The maximum absolute atomic E-state index is 12.9. The van der Waals surface area contributed by atoms with Crippen LogP contribution in [0.25, 0.3) is 0 Å². The molecule has 0 spiro atoms. The predicted molar refractivity (Wildman–Crippen MR) is 95.3 cm³/mol. The molecule has 0 aliphatic carbocycles. The zero-order valence-electron chi connectivity index (χ0n) is 15.1. The van der Waals surface area contributed by atoms with Crippen LogP contribution in [0.3, 0.4) is 0 Å². The Kier molecular flexibility index (Phi) is 5.90. The molecule has 3 rings (SSSR count). The summed E-state index contributed by atoms with van der Waals surface area (Å²) in [5.74, 6) is -0.343. The van der Waals surface area contributed by atoms with Crippen molar-refractivity contribution in [3.63, 3.8) is 0 Å². The molecule has 1 aliphatic heterocycles. The van der Waals surface area contributed by atoms with Crippen LogP contribution in [0.4, 0.5) is 23.7 Å². The Morgan fingerprint density at radius 3 is 2.48 bits per heavy atom. The molecule has 0 unspecified atom stereocenters. The van der Waals surface area contributed by atoms with Gasteiger partial charge in [0.1, 0.15) is 12.4 Å². The first kappa shape index (κ1) is 20.4. The van der Waals surface area contributed by atoms with E-state index in [4.69, 9.17) is 9.47 Å². The number of nitro benzene ring substituents is 1. The second kappa shape index (κ2) is 8.38. The third kappa shape index (κ3) is 5.37. The van der Waals surface area contributed by atoms with Gasteiger partial charge in [0.2, 0.25) is 0 Å². The maximum Gasteiger partial charge on any atom is 0.416 e. The number of non-ortho nitro benzene ring substituents is 1. The summed E-state index contributed by atoms with van der Waals surface area (Å²) in [6.45, 7) is 0.829. The van der Waals surface area contributed by atoms with Crippen molar-refractivity contribution >= 4 is 11.8 Å². The largest absolute Gasteiger partial charge is 0.493 e. The van der Waals surface area contributed by atoms with Crippen molar-refractivity contribution in [1.29, 1.82) is 0 Å². The van der Waals surface area contributed by atoms with Gasteiger partial charge in [0.25, 0.3) is 5.69 Å². The summed E-state index contributed by atoms with van der Waals surface area (Å²) in [6, 6.07) is 11.3. The van der Waals surface area contributed by atoms with Crippen molar-refractivity contribution in [3.05, 3.63) is 69.8 Å². The highest BCUT2D eigenvalue weighted by atomic mass is 19.4. The molecule has 2 aromatic carbocycles. The molecule has 1 aliphatic rings. The number of likely N-dealkylation sites (tertiary alicyclic amines) is 1. The standard InChI is InChI=1S/C19H17F3N2O5/c20-19(21,22)15-6-16(24(26)27)8-17(7-15)28-12-14-9-23(10-14)18(25)29-11-13-4-2-1-3-5-13/h1-8,14H,9-12H2. The van der Waals surface area contributed by atoms with Crippen LogP contribution in [0.15, 0.2) is 48.5 Å². The molecule has 2 aromatic rings. The highest BCUT2D eigenvalue weighted by molar-refractivity contribution is 5.68. The van der Waals surface area contributed by atoms with Gasteiger partial charge in [-0.05, 0) is 11.6 Å². The summed E-state index contributed by atoms with van der Waals surface area (Å²) in [5, 5.41) is 10.8. The van der Waals surface area contributed by atoms with Crippen molar-refractivity contribution in [1.82, 2.24) is 4.90 Å². The zero-order chi connectivity index (χ0) is 21.0. The molecule has 154 valence electrons. The Morgan fingerprint density at radius 1 is 1.17 bits per heavy atom. The van der Waals surface area contributed by atoms with Crippen LogP contribution in [0.2, 0.25) is 0 Å². The molecule has 0 radical (unpaired) electrons. The molecule has 0 aromatic heterocycles. The van der Waals surface area contributed by atoms with Gasteiger partial charge in [0.15, 0.2) is 0 Å². The second-order valence-electron chi connectivity index (χ2n) is 6.59. The summed E-state index contributed by atoms with van der Waals surface area (Å²) in [4.78, 5) is 23.3. The molecular formula is C19H17F3N2O5. The van der Waals surface area contributed by atoms with Crippen molar-refractivity contribution in [2.45, 2.75) is 12.8 Å². The van der Waals surface area contributed by atoms with Crippen molar-refractivity contribution in [2.24, 2.45) is 5.92 Å². The molecule has 1 saturated heterocycles. The Balaban J connectivity index is 1.49. The van der Waals surface area contributed by atoms with Crippen LogP contribution in [0.5, 0.6) is 5.75 Å². The molecule has 0 bridgehead atoms. The van der Waals surface area contributed by atoms with E-state index in [-0.39, 0.29) is 24.9 Å². The average molecular weight is 410 g/mol. The van der Waals surface area contributed by atoms with Crippen molar-refractivity contribution in [3.8, 4) is 5.75 Å². The van der Waals surface area contributed by atoms with Crippen LogP contribution in [-0.4, -0.2) is 35.6 Å². The van der Waals surface area contributed by atoms with E-state index in [0.717, 1.165) is 17.7 Å². The van der Waals surface area contributed by atoms with Crippen LogP contribution in [-0.2, 0) is 17.5 Å². The lowest BCUT2D eigenvalue weighted by atomic mass is 10.0. The molecule has 0 N–H and O–H groups in total. The van der Waals surface area contributed by atoms with E-state index >= 15 is 0 Å². The SMILES string of the molecule is O=C(OCc1ccccc1)N1CC(COc2cc([N+](=O)[O-])cc(C(F)(F)F)c2)C1. The highest BCUT2D eigenvalue weighted by Gasteiger charge is 2.34. The number of benzene rings is 2. The summed E-state index contributed by atoms with van der Waals surface area (Å²) >= 11 is 0. The number of alkyl halides is 3. The lowest BCUT2D eigenvalue weighted by molar-refractivity contribution is -0.385. The number of nitro groups is 1. The third-order valence-electron chi connectivity index (χ3n) is 4.34. The molecule has 0 atom stereocenters. The molecule has 1 amide bonds. The number of carbonyl (C=O) groups is 1. The number of amides is 1. The molecule has 29 heavy (non-hydrogen) atoms. The van der Waals surface area contributed by atoms with E-state index in [1.165, 1.54) is 4.90 Å². The van der Waals surface area contributed by atoms with Gasteiger partial charge in [-0.25, -0.2) is 4.79 Å². The fraction of sp³-hybridized carbons (Fsp3) is 0.316. The minimum absolute atomic E-state index is 0.0287. The van der Waals surface area contributed by atoms with E-state index in [2.05, 4.69) is 0 Å².